The van der Waals surface area contributed by atoms with Crippen molar-refractivity contribution in [2.75, 3.05) is 0 Å². The van der Waals surface area contributed by atoms with E-state index in [1.54, 1.807) is 11.6 Å². The van der Waals surface area contributed by atoms with Gasteiger partial charge in [0.1, 0.15) is 5.52 Å². The summed E-state index contributed by atoms with van der Waals surface area (Å²) in [5, 5.41) is 17.2. The number of hydrogen-bond acceptors (Lipinski definition) is 3. The van der Waals surface area contributed by atoms with Gasteiger partial charge in [-0.15, -0.1) is 5.10 Å². The highest BCUT2D eigenvalue weighted by Gasteiger charge is 2.05. The second kappa shape index (κ2) is 2.81. The Morgan fingerprint density at radius 2 is 2.23 bits per heavy atom. The third-order valence-corrected chi connectivity index (χ3v) is 2.12. The summed E-state index contributed by atoms with van der Waals surface area (Å²) in [5.74, 6) is 0. The van der Waals surface area contributed by atoms with Crippen molar-refractivity contribution in [1.82, 2.24) is 15.0 Å². The predicted molar refractivity (Wildman–Crippen MR) is 49.1 cm³/mol. The number of benzene rings is 1. The van der Waals surface area contributed by atoms with Crippen molar-refractivity contribution < 1.29 is 5.11 Å². The SMILES string of the molecule is CC(O)c1ccc2nnn(C)c2c1. The van der Waals surface area contributed by atoms with Crippen LogP contribution in [0, 0.1) is 0 Å². The van der Waals surface area contributed by atoms with E-state index in [-0.39, 0.29) is 0 Å². The molecular weight excluding hydrogens is 166 g/mol. The second-order valence-electron chi connectivity index (χ2n) is 3.14. The number of fused-ring (bicyclic) bond motifs is 1. The molecule has 1 unspecified atom stereocenters. The summed E-state index contributed by atoms with van der Waals surface area (Å²) in [6, 6.07) is 5.63. The van der Waals surface area contributed by atoms with Crippen LogP contribution in [0.4, 0.5) is 0 Å². The van der Waals surface area contributed by atoms with E-state index in [0.29, 0.717) is 0 Å². The van der Waals surface area contributed by atoms with Crippen molar-refractivity contribution in [1.29, 1.82) is 0 Å². The van der Waals surface area contributed by atoms with Crippen LogP contribution in [0.25, 0.3) is 11.0 Å². The Bertz CT molecular complexity index is 433. The van der Waals surface area contributed by atoms with Gasteiger partial charge in [0.2, 0.25) is 0 Å². The molecular formula is C9H11N3O. The molecule has 1 heterocycles. The Morgan fingerprint density at radius 3 is 2.92 bits per heavy atom. The molecule has 0 aliphatic rings. The maximum Gasteiger partial charge on any atom is 0.113 e. The predicted octanol–water partition coefficient (Wildman–Crippen LogP) is 1.02. The molecule has 4 heteroatoms. The molecule has 1 aromatic carbocycles. The molecule has 68 valence electrons. The van der Waals surface area contributed by atoms with Gasteiger partial charge in [-0.05, 0) is 24.6 Å². The summed E-state index contributed by atoms with van der Waals surface area (Å²) >= 11 is 0. The zero-order valence-corrected chi connectivity index (χ0v) is 7.60. The third kappa shape index (κ3) is 1.29. The molecule has 0 radical (unpaired) electrons. The van der Waals surface area contributed by atoms with Gasteiger partial charge >= 0.3 is 0 Å². The topological polar surface area (TPSA) is 50.9 Å². The zero-order chi connectivity index (χ0) is 9.42. The molecule has 2 aromatic rings. The summed E-state index contributed by atoms with van der Waals surface area (Å²) in [4.78, 5) is 0. The monoisotopic (exact) mass is 177 g/mol. The molecule has 1 N–H and O–H groups in total. The van der Waals surface area contributed by atoms with E-state index in [1.165, 1.54) is 0 Å². The van der Waals surface area contributed by atoms with Gasteiger partial charge in [0.05, 0.1) is 11.6 Å². The van der Waals surface area contributed by atoms with Crippen molar-refractivity contribution in [3.8, 4) is 0 Å². The summed E-state index contributed by atoms with van der Waals surface area (Å²) < 4.78 is 1.70. The molecule has 0 aliphatic carbocycles. The van der Waals surface area contributed by atoms with E-state index in [2.05, 4.69) is 10.3 Å². The standard InChI is InChI=1S/C9H11N3O/c1-6(13)7-3-4-8-9(5-7)12(2)11-10-8/h3-6,13H,1-2H3. The first-order valence-electron chi connectivity index (χ1n) is 4.16. The maximum atomic E-state index is 9.36. The molecule has 13 heavy (non-hydrogen) atoms. The lowest BCUT2D eigenvalue weighted by Gasteiger charge is -2.03. The van der Waals surface area contributed by atoms with Crippen LogP contribution in [0.15, 0.2) is 18.2 Å². The van der Waals surface area contributed by atoms with Crippen LogP contribution in [0.2, 0.25) is 0 Å². The molecule has 2 rings (SSSR count). The van der Waals surface area contributed by atoms with Gasteiger partial charge in [0, 0.05) is 7.05 Å². The van der Waals surface area contributed by atoms with E-state index in [9.17, 15) is 5.11 Å². The normalized spacial score (nSPS) is 13.5. The van der Waals surface area contributed by atoms with Crippen LogP contribution in [-0.2, 0) is 7.05 Å². The number of rotatable bonds is 1. The van der Waals surface area contributed by atoms with Gasteiger partial charge < -0.3 is 5.11 Å². The van der Waals surface area contributed by atoms with Crippen molar-refractivity contribution in [2.45, 2.75) is 13.0 Å². The summed E-state index contributed by atoms with van der Waals surface area (Å²) in [7, 11) is 1.83. The van der Waals surface area contributed by atoms with Crippen LogP contribution < -0.4 is 0 Å². The second-order valence-corrected chi connectivity index (χ2v) is 3.14. The van der Waals surface area contributed by atoms with E-state index < -0.39 is 6.10 Å². The average Bonchev–Trinajstić information content (AvgIpc) is 2.47. The van der Waals surface area contributed by atoms with Crippen molar-refractivity contribution in [3.05, 3.63) is 23.8 Å². The Morgan fingerprint density at radius 1 is 1.46 bits per heavy atom. The lowest BCUT2D eigenvalue weighted by molar-refractivity contribution is 0.199. The summed E-state index contributed by atoms with van der Waals surface area (Å²) in [6.45, 7) is 1.74. The fourth-order valence-corrected chi connectivity index (χ4v) is 1.31. The third-order valence-electron chi connectivity index (χ3n) is 2.12. The Balaban J connectivity index is 2.66. The fraction of sp³-hybridized carbons (Fsp3) is 0.333. The Kier molecular flexibility index (Phi) is 1.77. The molecule has 0 saturated carbocycles. The maximum absolute atomic E-state index is 9.36. The van der Waals surface area contributed by atoms with E-state index in [1.807, 2.05) is 25.2 Å². The Labute approximate surface area is 75.8 Å². The number of aliphatic hydroxyl groups is 1. The number of hydrogen-bond donors (Lipinski definition) is 1. The van der Waals surface area contributed by atoms with Crippen molar-refractivity contribution >= 4 is 11.0 Å². The first-order chi connectivity index (χ1) is 6.18. The molecule has 1 atom stereocenters. The number of aliphatic hydroxyl groups excluding tert-OH is 1. The van der Waals surface area contributed by atoms with Gasteiger partial charge in [0.15, 0.2) is 0 Å². The summed E-state index contributed by atoms with van der Waals surface area (Å²) in [6.07, 6.45) is -0.445. The van der Waals surface area contributed by atoms with Crippen molar-refractivity contribution in [3.63, 3.8) is 0 Å². The van der Waals surface area contributed by atoms with Crippen LogP contribution in [0.1, 0.15) is 18.6 Å². The Hall–Kier alpha value is -1.42. The molecule has 0 aliphatic heterocycles. The smallest absolute Gasteiger partial charge is 0.113 e. The molecule has 4 nitrogen and oxygen atoms in total. The lowest BCUT2D eigenvalue weighted by atomic mass is 10.1. The first kappa shape index (κ1) is 8.19. The quantitative estimate of drug-likeness (QED) is 0.707. The number of aromatic nitrogens is 3. The van der Waals surface area contributed by atoms with Gasteiger partial charge in [-0.2, -0.15) is 0 Å². The minimum Gasteiger partial charge on any atom is -0.389 e. The van der Waals surface area contributed by atoms with Crippen LogP contribution in [-0.4, -0.2) is 20.1 Å². The van der Waals surface area contributed by atoms with Crippen molar-refractivity contribution in [2.24, 2.45) is 7.05 Å². The number of aryl methyl sites for hydroxylation is 1. The molecule has 0 saturated heterocycles. The largest absolute Gasteiger partial charge is 0.389 e. The highest BCUT2D eigenvalue weighted by Crippen LogP contribution is 2.17. The highest BCUT2D eigenvalue weighted by atomic mass is 16.3. The van der Waals surface area contributed by atoms with Crippen LogP contribution in [0.3, 0.4) is 0 Å². The average molecular weight is 177 g/mol. The lowest BCUT2D eigenvalue weighted by Crippen LogP contribution is -1.93. The molecule has 0 fully saturated rings. The van der Waals surface area contributed by atoms with Crippen LogP contribution in [0.5, 0.6) is 0 Å². The number of nitrogens with zero attached hydrogens (tertiary/aromatic N) is 3. The molecule has 0 bridgehead atoms. The van der Waals surface area contributed by atoms with E-state index >= 15 is 0 Å². The zero-order valence-electron chi connectivity index (χ0n) is 7.60. The van der Waals surface area contributed by atoms with E-state index in [0.717, 1.165) is 16.6 Å². The fourth-order valence-electron chi connectivity index (χ4n) is 1.31. The minimum atomic E-state index is -0.445. The minimum absolute atomic E-state index is 0.445. The highest BCUT2D eigenvalue weighted by molar-refractivity contribution is 5.74. The van der Waals surface area contributed by atoms with Gasteiger partial charge in [0.25, 0.3) is 0 Å². The van der Waals surface area contributed by atoms with Gasteiger partial charge in [-0.1, -0.05) is 11.3 Å². The van der Waals surface area contributed by atoms with Crippen LogP contribution >= 0.6 is 0 Å². The van der Waals surface area contributed by atoms with Gasteiger partial charge in [-0.25, -0.2) is 4.68 Å². The first-order valence-corrected chi connectivity index (χ1v) is 4.16. The molecule has 0 spiro atoms. The molecule has 0 amide bonds. The van der Waals surface area contributed by atoms with Gasteiger partial charge in [-0.3, -0.25) is 0 Å². The summed E-state index contributed by atoms with van der Waals surface area (Å²) in [5.41, 5.74) is 2.68. The molecule has 1 aromatic heterocycles. The van der Waals surface area contributed by atoms with E-state index in [4.69, 9.17) is 0 Å².